The number of aromatic nitrogens is 2. The third kappa shape index (κ3) is 2.89. The van der Waals surface area contributed by atoms with Crippen molar-refractivity contribution in [3.8, 4) is 5.75 Å². The standard InChI is InChI=1S/C12H16N4OS/c1-2-3-6-17-8-4-5-10-9(7-8)11(16-15-10)14-12(13)18/h4-5,7H,2-3,6H2,1H3,(H4,13,14,15,16,18). The van der Waals surface area contributed by atoms with E-state index in [9.17, 15) is 0 Å². The average molecular weight is 264 g/mol. The molecule has 0 aliphatic rings. The second-order valence-electron chi connectivity index (χ2n) is 3.97. The maximum Gasteiger partial charge on any atom is 0.169 e. The first-order valence-corrected chi connectivity index (χ1v) is 6.29. The van der Waals surface area contributed by atoms with Gasteiger partial charge in [0, 0.05) is 5.39 Å². The number of thiocarbonyl (C=S) groups is 1. The lowest BCUT2D eigenvalue weighted by Crippen LogP contribution is -2.19. The van der Waals surface area contributed by atoms with E-state index >= 15 is 0 Å². The van der Waals surface area contributed by atoms with Crippen molar-refractivity contribution >= 4 is 34.1 Å². The highest BCUT2D eigenvalue weighted by molar-refractivity contribution is 7.80. The molecule has 0 bridgehead atoms. The number of hydrogen-bond acceptors (Lipinski definition) is 3. The Bertz CT molecular complexity index is 552. The van der Waals surface area contributed by atoms with Gasteiger partial charge in [0.05, 0.1) is 12.1 Å². The van der Waals surface area contributed by atoms with Crippen LogP contribution in [0.1, 0.15) is 19.8 Å². The molecule has 1 aromatic carbocycles. The van der Waals surface area contributed by atoms with Crippen LogP contribution in [0.2, 0.25) is 0 Å². The number of ether oxygens (including phenoxy) is 1. The predicted molar refractivity (Wildman–Crippen MR) is 76.9 cm³/mol. The summed E-state index contributed by atoms with van der Waals surface area (Å²) in [5.74, 6) is 1.45. The van der Waals surface area contributed by atoms with Crippen LogP contribution in [0.25, 0.3) is 10.9 Å². The number of H-pyrrole nitrogens is 1. The average Bonchev–Trinajstić information content (AvgIpc) is 2.72. The van der Waals surface area contributed by atoms with E-state index in [2.05, 4.69) is 22.4 Å². The van der Waals surface area contributed by atoms with E-state index in [1.54, 1.807) is 0 Å². The molecule has 0 spiro atoms. The molecule has 0 aliphatic heterocycles. The summed E-state index contributed by atoms with van der Waals surface area (Å²) >= 11 is 4.81. The Hall–Kier alpha value is -1.82. The van der Waals surface area contributed by atoms with Crippen molar-refractivity contribution in [3.63, 3.8) is 0 Å². The van der Waals surface area contributed by atoms with Gasteiger partial charge in [0.2, 0.25) is 0 Å². The van der Waals surface area contributed by atoms with Crippen molar-refractivity contribution < 1.29 is 4.74 Å². The van der Waals surface area contributed by atoms with Crippen molar-refractivity contribution in [3.05, 3.63) is 18.2 Å². The second-order valence-corrected chi connectivity index (χ2v) is 4.41. The monoisotopic (exact) mass is 264 g/mol. The predicted octanol–water partition coefficient (Wildman–Crippen LogP) is 2.40. The van der Waals surface area contributed by atoms with Crippen LogP contribution in [0.4, 0.5) is 5.82 Å². The Morgan fingerprint density at radius 1 is 1.56 bits per heavy atom. The molecule has 1 aromatic heterocycles. The molecule has 96 valence electrons. The molecule has 0 aliphatic carbocycles. The highest BCUT2D eigenvalue weighted by atomic mass is 32.1. The Morgan fingerprint density at radius 2 is 2.39 bits per heavy atom. The molecule has 0 atom stereocenters. The molecular formula is C12H16N4OS. The number of nitrogens with one attached hydrogen (secondary N) is 2. The molecule has 0 radical (unpaired) electrons. The zero-order valence-corrected chi connectivity index (χ0v) is 11.0. The van der Waals surface area contributed by atoms with Crippen LogP contribution >= 0.6 is 12.2 Å². The van der Waals surface area contributed by atoms with Gasteiger partial charge in [-0.3, -0.25) is 5.10 Å². The van der Waals surface area contributed by atoms with Crippen molar-refractivity contribution in [1.82, 2.24) is 10.2 Å². The third-order valence-electron chi connectivity index (χ3n) is 2.54. The van der Waals surface area contributed by atoms with E-state index in [-0.39, 0.29) is 5.11 Å². The van der Waals surface area contributed by atoms with Crippen LogP contribution in [0, 0.1) is 0 Å². The molecule has 5 nitrogen and oxygen atoms in total. The molecule has 0 amide bonds. The fourth-order valence-electron chi connectivity index (χ4n) is 1.63. The zero-order chi connectivity index (χ0) is 13.0. The number of nitrogens with zero attached hydrogens (tertiary/aromatic N) is 1. The lowest BCUT2D eigenvalue weighted by molar-refractivity contribution is 0.310. The number of anilines is 1. The topological polar surface area (TPSA) is 76.0 Å². The summed E-state index contributed by atoms with van der Waals surface area (Å²) in [5.41, 5.74) is 6.36. The quantitative estimate of drug-likeness (QED) is 0.571. The molecule has 6 heteroatoms. The van der Waals surface area contributed by atoms with Crippen molar-refractivity contribution in [2.45, 2.75) is 19.8 Å². The molecular weight excluding hydrogens is 248 g/mol. The van der Waals surface area contributed by atoms with Gasteiger partial charge in [0.25, 0.3) is 0 Å². The molecule has 1 heterocycles. The Balaban J connectivity index is 2.21. The van der Waals surface area contributed by atoms with E-state index in [0.29, 0.717) is 5.82 Å². The fourth-order valence-corrected chi connectivity index (χ4v) is 1.73. The van der Waals surface area contributed by atoms with Crippen LogP contribution in [0.3, 0.4) is 0 Å². The van der Waals surface area contributed by atoms with Gasteiger partial charge in [-0.05, 0) is 36.8 Å². The fraction of sp³-hybridized carbons (Fsp3) is 0.333. The van der Waals surface area contributed by atoms with Crippen LogP contribution < -0.4 is 15.8 Å². The van der Waals surface area contributed by atoms with E-state index in [4.69, 9.17) is 22.7 Å². The Kier molecular flexibility index (Phi) is 3.99. The molecule has 4 N–H and O–H groups in total. The van der Waals surface area contributed by atoms with E-state index in [0.717, 1.165) is 36.1 Å². The smallest absolute Gasteiger partial charge is 0.169 e. The summed E-state index contributed by atoms with van der Waals surface area (Å²) in [7, 11) is 0. The number of nitrogens with two attached hydrogens (primary N) is 1. The molecule has 0 fully saturated rings. The summed E-state index contributed by atoms with van der Waals surface area (Å²) < 4.78 is 5.65. The minimum Gasteiger partial charge on any atom is -0.494 e. The second kappa shape index (κ2) is 5.68. The largest absolute Gasteiger partial charge is 0.494 e. The summed E-state index contributed by atoms with van der Waals surface area (Å²) in [6.45, 7) is 2.85. The van der Waals surface area contributed by atoms with Gasteiger partial charge in [0.15, 0.2) is 10.9 Å². The molecule has 2 rings (SSSR count). The maximum atomic E-state index is 5.65. The highest BCUT2D eigenvalue weighted by Crippen LogP contribution is 2.25. The minimum absolute atomic E-state index is 0.195. The van der Waals surface area contributed by atoms with Crippen molar-refractivity contribution in [2.24, 2.45) is 5.73 Å². The van der Waals surface area contributed by atoms with Gasteiger partial charge in [0.1, 0.15) is 5.75 Å². The molecule has 2 aromatic rings. The van der Waals surface area contributed by atoms with Gasteiger partial charge in [-0.2, -0.15) is 5.10 Å². The Labute approximate surface area is 111 Å². The SMILES string of the molecule is CCCCOc1ccc2[nH]nc(NC(N)=S)c2c1. The number of aromatic amines is 1. The maximum absolute atomic E-state index is 5.65. The highest BCUT2D eigenvalue weighted by Gasteiger charge is 2.07. The summed E-state index contributed by atoms with van der Waals surface area (Å²) in [5, 5.41) is 11.0. The van der Waals surface area contributed by atoms with Gasteiger partial charge in [-0.1, -0.05) is 13.3 Å². The number of benzene rings is 1. The zero-order valence-electron chi connectivity index (χ0n) is 10.2. The van der Waals surface area contributed by atoms with Crippen LogP contribution in [-0.2, 0) is 0 Å². The van der Waals surface area contributed by atoms with E-state index in [1.165, 1.54) is 0 Å². The van der Waals surface area contributed by atoms with Crippen molar-refractivity contribution in [1.29, 1.82) is 0 Å². The number of rotatable bonds is 5. The first-order valence-electron chi connectivity index (χ1n) is 5.88. The lowest BCUT2D eigenvalue weighted by atomic mass is 10.2. The van der Waals surface area contributed by atoms with Gasteiger partial charge >= 0.3 is 0 Å². The summed E-state index contributed by atoms with van der Waals surface area (Å²) in [6.07, 6.45) is 2.16. The van der Waals surface area contributed by atoms with Crippen LogP contribution in [0.5, 0.6) is 5.75 Å². The summed E-state index contributed by atoms with van der Waals surface area (Å²) in [6, 6.07) is 5.77. The first kappa shape index (κ1) is 12.6. The van der Waals surface area contributed by atoms with Gasteiger partial charge in [-0.25, -0.2) is 0 Å². The van der Waals surface area contributed by atoms with E-state index < -0.39 is 0 Å². The summed E-state index contributed by atoms with van der Waals surface area (Å²) in [4.78, 5) is 0. The number of fused-ring (bicyclic) bond motifs is 1. The number of hydrogen-bond donors (Lipinski definition) is 3. The third-order valence-corrected chi connectivity index (χ3v) is 2.64. The molecule has 0 saturated heterocycles. The normalized spacial score (nSPS) is 10.5. The van der Waals surface area contributed by atoms with Crippen molar-refractivity contribution in [2.75, 3.05) is 11.9 Å². The number of unbranched alkanes of at least 4 members (excludes halogenated alkanes) is 1. The Morgan fingerprint density at radius 3 is 3.11 bits per heavy atom. The van der Waals surface area contributed by atoms with Gasteiger partial charge in [-0.15, -0.1) is 0 Å². The van der Waals surface area contributed by atoms with Crippen LogP contribution in [0.15, 0.2) is 18.2 Å². The first-order chi connectivity index (χ1) is 8.70. The molecule has 0 saturated carbocycles. The van der Waals surface area contributed by atoms with Crippen LogP contribution in [-0.4, -0.2) is 21.9 Å². The lowest BCUT2D eigenvalue weighted by Gasteiger charge is -2.05. The minimum atomic E-state index is 0.195. The van der Waals surface area contributed by atoms with Gasteiger partial charge < -0.3 is 15.8 Å². The van der Waals surface area contributed by atoms with E-state index in [1.807, 2.05) is 18.2 Å². The molecule has 18 heavy (non-hydrogen) atoms. The molecule has 0 unspecified atom stereocenters.